The Kier molecular flexibility index (Phi) is 8.67. The molecule has 5 rings (SSSR count). The molecule has 0 bridgehead atoms. The summed E-state index contributed by atoms with van der Waals surface area (Å²) < 4.78 is 1.91. The van der Waals surface area contributed by atoms with Crippen LogP contribution in [0.3, 0.4) is 0 Å². The van der Waals surface area contributed by atoms with Crippen LogP contribution in [0, 0.1) is 5.92 Å². The zero-order valence-corrected chi connectivity index (χ0v) is 23.2. The molecule has 2 aromatic carbocycles. The van der Waals surface area contributed by atoms with Gasteiger partial charge in [-0.3, -0.25) is 4.79 Å². The van der Waals surface area contributed by atoms with Crippen molar-refractivity contribution < 1.29 is 14.7 Å². The summed E-state index contributed by atoms with van der Waals surface area (Å²) in [6.07, 6.45) is 6.54. The number of pyridine rings is 1. The lowest BCUT2D eigenvalue weighted by Gasteiger charge is -2.32. The molecule has 0 aliphatic carbocycles. The van der Waals surface area contributed by atoms with E-state index in [1.165, 1.54) is 0 Å². The van der Waals surface area contributed by atoms with E-state index < -0.39 is 12.0 Å². The number of anilines is 1. The lowest BCUT2D eigenvalue weighted by molar-refractivity contribution is -0.142. The summed E-state index contributed by atoms with van der Waals surface area (Å²) in [7, 11) is 0. The van der Waals surface area contributed by atoms with Gasteiger partial charge in [0, 0.05) is 49.9 Å². The van der Waals surface area contributed by atoms with Crippen molar-refractivity contribution in [3.05, 3.63) is 101 Å². The first kappa shape index (κ1) is 27.7. The predicted octanol–water partition coefficient (Wildman–Crippen LogP) is 5.33. The van der Waals surface area contributed by atoms with Crippen LogP contribution in [0.25, 0.3) is 11.1 Å². The van der Waals surface area contributed by atoms with Gasteiger partial charge < -0.3 is 19.9 Å². The highest BCUT2D eigenvalue weighted by Crippen LogP contribution is 2.34. The molecule has 2 N–H and O–H groups in total. The number of aromatic nitrogens is 3. The number of carbonyl (C=O) groups excluding carboxylic acids is 1. The molecular formula is C30H29Cl2N5O3. The van der Waals surface area contributed by atoms with Crippen LogP contribution in [-0.4, -0.2) is 50.6 Å². The monoisotopic (exact) mass is 577 g/mol. The van der Waals surface area contributed by atoms with Crippen molar-refractivity contribution in [1.82, 2.24) is 19.9 Å². The summed E-state index contributed by atoms with van der Waals surface area (Å²) in [6.45, 7) is 1.89. The molecule has 8 nitrogen and oxygen atoms in total. The van der Waals surface area contributed by atoms with Crippen molar-refractivity contribution in [2.24, 2.45) is 5.92 Å². The van der Waals surface area contributed by atoms with Crippen LogP contribution in [0.4, 0.5) is 5.82 Å². The summed E-state index contributed by atoms with van der Waals surface area (Å²) in [5.41, 5.74) is 3.48. The Morgan fingerprint density at radius 3 is 2.55 bits per heavy atom. The van der Waals surface area contributed by atoms with E-state index in [0.717, 1.165) is 22.5 Å². The standard InChI is InChI=1S/C30H29Cl2N5O3/c31-25-8-4-7-24(28(25)32)22-9-12-33-27(15-22)37-13-10-21(11-14-37)29(38)35-26(30(39)40)16-23-18-36(19-34-23)17-20-5-2-1-3-6-20/h1-9,12,15,18-19,21,26H,10-11,13-14,16-17H2,(H,35,38)(H,39,40). The summed E-state index contributed by atoms with van der Waals surface area (Å²) in [5, 5.41) is 13.5. The van der Waals surface area contributed by atoms with E-state index in [1.807, 2.05) is 65.4 Å². The predicted molar refractivity (Wildman–Crippen MR) is 156 cm³/mol. The van der Waals surface area contributed by atoms with E-state index in [1.54, 1.807) is 18.6 Å². The molecule has 1 aliphatic rings. The molecule has 4 aromatic rings. The van der Waals surface area contributed by atoms with Crippen molar-refractivity contribution in [3.63, 3.8) is 0 Å². The van der Waals surface area contributed by atoms with Gasteiger partial charge in [0.25, 0.3) is 0 Å². The maximum absolute atomic E-state index is 13.0. The minimum atomic E-state index is -1.08. The van der Waals surface area contributed by atoms with Crippen molar-refractivity contribution in [2.75, 3.05) is 18.0 Å². The van der Waals surface area contributed by atoms with Crippen molar-refractivity contribution in [2.45, 2.75) is 31.8 Å². The molecule has 10 heteroatoms. The number of hydrogen-bond acceptors (Lipinski definition) is 5. The Hall–Kier alpha value is -3.88. The van der Waals surface area contributed by atoms with E-state index in [-0.39, 0.29) is 18.2 Å². The number of nitrogens with zero attached hydrogens (tertiary/aromatic N) is 4. The Balaban J connectivity index is 1.17. The molecule has 1 aliphatic heterocycles. The number of carboxylic acid groups (broad SMARTS) is 1. The SMILES string of the molecule is O=C(NC(Cc1cn(Cc2ccccc2)cn1)C(=O)O)C1CCN(c2cc(-c3cccc(Cl)c3Cl)ccn2)CC1. The third-order valence-corrected chi connectivity index (χ3v) is 7.94. The second kappa shape index (κ2) is 12.5. The summed E-state index contributed by atoms with van der Waals surface area (Å²) in [4.78, 5) is 36.0. The second-order valence-electron chi connectivity index (χ2n) is 9.89. The molecule has 1 unspecified atom stereocenters. The van der Waals surface area contributed by atoms with Crippen LogP contribution in [0.2, 0.25) is 10.0 Å². The van der Waals surface area contributed by atoms with Gasteiger partial charge >= 0.3 is 5.97 Å². The van der Waals surface area contributed by atoms with Gasteiger partial charge in [-0.25, -0.2) is 14.8 Å². The number of carboxylic acids is 1. The summed E-state index contributed by atoms with van der Waals surface area (Å²) in [6, 6.07) is 18.3. The number of piperidine rings is 1. The molecule has 2 aromatic heterocycles. The van der Waals surface area contributed by atoms with E-state index in [0.29, 0.717) is 48.2 Å². The van der Waals surface area contributed by atoms with Crippen molar-refractivity contribution >= 4 is 40.9 Å². The zero-order chi connectivity index (χ0) is 28.1. The number of aliphatic carboxylic acids is 1. The van der Waals surface area contributed by atoms with E-state index >= 15 is 0 Å². The van der Waals surface area contributed by atoms with E-state index in [9.17, 15) is 14.7 Å². The highest BCUT2D eigenvalue weighted by atomic mass is 35.5. The molecule has 1 atom stereocenters. The second-order valence-corrected chi connectivity index (χ2v) is 10.7. The van der Waals surface area contributed by atoms with Crippen molar-refractivity contribution in [3.8, 4) is 11.1 Å². The van der Waals surface area contributed by atoms with Gasteiger partial charge in [-0.1, -0.05) is 65.7 Å². The third-order valence-electron chi connectivity index (χ3n) is 7.12. The van der Waals surface area contributed by atoms with Gasteiger partial charge in [0.15, 0.2) is 0 Å². The number of benzene rings is 2. The van der Waals surface area contributed by atoms with Gasteiger partial charge in [-0.05, 0) is 42.2 Å². The zero-order valence-electron chi connectivity index (χ0n) is 21.7. The molecular weight excluding hydrogens is 549 g/mol. The normalized spacial score (nSPS) is 14.6. The van der Waals surface area contributed by atoms with Gasteiger partial charge in [0.05, 0.1) is 22.1 Å². The molecule has 0 saturated carbocycles. The maximum Gasteiger partial charge on any atom is 0.326 e. The lowest BCUT2D eigenvalue weighted by Crippen LogP contribution is -2.47. The van der Waals surface area contributed by atoms with Crippen molar-refractivity contribution in [1.29, 1.82) is 0 Å². The maximum atomic E-state index is 13.0. The third kappa shape index (κ3) is 6.63. The lowest BCUT2D eigenvalue weighted by atomic mass is 9.95. The van der Waals surface area contributed by atoms with Gasteiger partial charge in [0.1, 0.15) is 11.9 Å². The van der Waals surface area contributed by atoms with Gasteiger partial charge in [-0.2, -0.15) is 0 Å². The Morgan fingerprint density at radius 2 is 1.80 bits per heavy atom. The Labute approximate surface area is 242 Å². The number of carbonyl (C=O) groups is 2. The largest absolute Gasteiger partial charge is 0.480 e. The molecule has 40 heavy (non-hydrogen) atoms. The molecule has 3 heterocycles. The first-order valence-electron chi connectivity index (χ1n) is 13.1. The fourth-order valence-corrected chi connectivity index (χ4v) is 5.36. The fraction of sp³-hybridized carbons (Fsp3) is 0.267. The molecule has 1 amide bonds. The van der Waals surface area contributed by atoms with Crippen LogP contribution in [0.15, 0.2) is 79.4 Å². The number of nitrogens with one attached hydrogen (secondary N) is 1. The van der Waals surface area contributed by atoms with Crippen LogP contribution in [0.1, 0.15) is 24.1 Å². The Morgan fingerprint density at radius 1 is 1.02 bits per heavy atom. The molecule has 0 radical (unpaired) electrons. The fourth-order valence-electron chi connectivity index (χ4n) is 4.95. The average molecular weight is 579 g/mol. The Bertz CT molecular complexity index is 1490. The average Bonchev–Trinajstić information content (AvgIpc) is 3.41. The number of rotatable bonds is 9. The van der Waals surface area contributed by atoms with Crippen LogP contribution in [0.5, 0.6) is 0 Å². The number of amides is 1. The quantitative estimate of drug-likeness (QED) is 0.279. The molecule has 1 fully saturated rings. The summed E-state index contributed by atoms with van der Waals surface area (Å²) >= 11 is 12.6. The van der Waals surface area contributed by atoms with E-state index in [2.05, 4.69) is 20.2 Å². The van der Waals surface area contributed by atoms with Crippen LogP contribution < -0.4 is 10.2 Å². The topological polar surface area (TPSA) is 100 Å². The molecule has 206 valence electrons. The highest BCUT2D eigenvalue weighted by Gasteiger charge is 2.29. The highest BCUT2D eigenvalue weighted by molar-refractivity contribution is 6.43. The molecule has 1 saturated heterocycles. The smallest absolute Gasteiger partial charge is 0.326 e. The number of imidazole rings is 1. The van der Waals surface area contributed by atoms with Gasteiger partial charge in [0.2, 0.25) is 5.91 Å². The van der Waals surface area contributed by atoms with Crippen LogP contribution in [-0.2, 0) is 22.6 Å². The first-order chi connectivity index (χ1) is 19.4. The minimum absolute atomic E-state index is 0.116. The van der Waals surface area contributed by atoms with E-state index in [4.69, 9.17) is 23.2 Å². The summed E-state index contributed by atoms with van der Waals surface area (Å²) in [5.74, 6) is -0.812. The number of hydrogen-bond donors (Lipinski definition) is 2. The van der Waals surface area contributed by atoms with Crippen LogP contribution >= 0.6 is 23.2 Å². The number of halogens is 2. The van der Waals surface area contributed by atoms with Gasteiger partial charge in [-0.15, -0.1) is 0 Å². The first-order valence-corrected chi connectivity index (χ1v) is 13.9. The minimum Gasteiger partial charge on any atom is -0.480 e. The molecule has 0 spiro atoms.